The number of hydrogen-bond donors (Lipinski definition) is 4. The Kier molecular flexibility index (Phi) is 20.0. The van der Waals surface area contributed by atoms with Gasteiger partial charge < -0.3 is 45.8 Å². The summed E-state index contributed by atoms with van der Waals surface area (Å²) >= 11 is 0. The molecule has 2 unspecified atom stereocenters. The fraction of sp³-hybridized carbons (Fsp3) is 0.442. The summed E-state index contributed by atoms with van der Waals surface area (Å²) in [6.07, 6.45) is 4.23. The van der Waals surface area contributed by atoms with Gasteiger partial charge in [0, 0.05) is 111 Å². The molecule has 0 spiro atoms. The van der Waals surface area contributed by atoms with Crippen molar-refractivity contribution in [2.75, 3.05) is 75.1 Å². The third-order valence-corrected chi connectivity index (χ3v) is 14.3. The number of ether oxygens (including phenoxy) is 1. The number of aromatic nitrogens is 3. The van der Waals surface area contributed by atoms with Crippen LogP contribution in [0.4, 0.5) is 21.2 Å². The van der Waals surface area contributed by atoms with Gasteiger partial charge in [-0.3, -0.25) is 42.7 Å². The van der Waals surface area contributed by atoms with Gasteiger partial charge in [0.25, 0.3) is 5.95 Å². The number of pyridine rings is 1. The Hall–Kier alpha value is -7.84. The Morgan fingerprint density at radius 1 is 0.859 bits per heavy atom. The number of hydrogen-bond acceptors (Lipinski definition) is 15. The molecule has 1 radical (unpaired) electrons. The van der Waals surface area contributed by atoms with E-state index in [1.165, 1.54) is 35.2 Å². The number of nitrogens with two attached hydrogens (primary N) is 1. The molecule has 10 amide bonds. The largest absolute Gasteiger partial charge is 0.445 e. The molecular formula is C52H65BN13O11S. The number of imide groups is 2. The van der Waals surface area contributed by atoms with Crippen LogP contribution >= 0.6 is 0 Å². The van der Waals surface area contributed by atoms with Crippen LogP contribution in [0.1, 0.15) is 63.5 Å². The van der Waals surface area contributed by atoms with Gasteiger partial charge in [0.15, 0.2) is 5.65 Å². The van der Waals surface area contributed by atoms with Gasteiger partial charge in [-0.2, -0.15) is 9.88 Å². The van der Waals surface area contributed by atoms with E-state index < -0.39 is 89.3 Å². The smallest absolute Gasteiger partial charge is 0.409 e. The van der Waals surface area contributed by atoms with Gasteiger partial charge >= 0.3 is 19.7 Å². The Bertz CT molecular complexity index is 2910. The monoisotopic (exact) mass is 1090 g/mol. The van der Waals surface area contributed by atoms with Crippen LogP contribution in [0.15, 0.2) is 78.9 Å². The van der Waals surface area contributed by atoms with Crippen LogP contribution in [0.3, 0.4) is 0 Å². The van der Waals surface area contributed by atoms with Crippen molar-refractivity contribution in [3.8, 4) is 11.3 Å². The number of primary amides is 1. The molecule has 2 saturated heterocycles. The van der Waals surface area contributed by atoms with E-state index in [2.05, 4.69) is 44.7 Å². The lowest BCUT2D eigenvalue weighted by molar-refractivity contribution is -0.141. The predicted molar refractivity (Wildman–Crippen MR) is 289 cm³/mol. The van der Waals surface area contributed by atoms with Crippen LogP contribution in [0.25, 0.3) is 16.9 Å². The molecule has 4 aromatic rings. The summed E-state index contributed by atoms with van der Waals surface area (Å²) in [6, 6.07) is 17.1. The van der Waals surface area contributed by atoms with E-state index in [1.54, 1.807) is 34.8 Å². The molecule has 1 saturated carbocycles. The van der Waals surface area contributed by atoms with Crippen molar-refractivity contribution >= 4 is 89.1 Å². The summed E-state index contributed by atoms with van der Waals surface area (Å²) in [7, 11) is 3.28. The minimum atomic E-state index is -1.27. The second-order valence-electron chi connectivity index (χ2n) is 19.3. The lowest BCUT2D eigenvalue weighted by Gasteiger charge is -2.29. The van der Waals surface area contributed by atoms with E-state index in [-0.39, 0.29) is 44.5 Å². The molecule has 5 heterocycles. The lowest BCUT2D eigenvalue weighted by atomic mass is 10.0. The molecule has 3 fully saturated rings. The van der Waals surface area contributed by atoms with Gasteiger partial charge in [0.2, 0.25) is 41.4 Å². The highest BCUT2D eigenvalue weighted by Gasteiger charge is 2.41. The van der Waals surface area contributed by atoms with Crippen molar-refractivity contribution in [1.29, 1.82) is 0 Å². The van der Waals surface area contributed by atoms with Crippen molar-refractivity contribution in [2.45, 2.75) is 77.6 Å². The summed E-state index contributed by atoms with van der Waals surface area (Å²) in [5.74, 6) is -3.37. The quantitative estimate of drug-likeness (QED) is 0.0725. The molecule has 2 aromatic heterocycles. The van der Waals surface area contributed by atoms with Crippen molar-refractivity contribution in [1.82, 2.24) is 49.6 Å². The highest BCUT2D eigenvalue weighted by Crippen LogP contribution is 2.33. The van der Waals surface area contributed by atoms with Crippen LogP contribution in [0, 0.1) is 5.92 Å². The Labute approximate surface area is 454 Å². The minimum absolute atomic E-state index is 0.0457. The molecule has 8 rings (SSSR count). The molecule has 78 heavy (non-hydrogen) atoms. The maximum Gasteiger partial charge on any atom is 0.409 e. The average molecular weight is 1090 g/mol. The normalized spacial score (nSPS) is 16.7. The molecule has 4 aliphatic rings. The van der Waals surface area contributed by atoms with Gasteiger partial charge in [-0.05, 0) is 61.1 Å². The number of anilines is 2. The molecule has 24 nitrogen and oxygen atoms in total. The number of fused-ring (bicyclic) bond motifs is 1. The zero-order chi connectivity index (χ0) is 56.0. The number of amides is 10. The van der Waals surface area contributed by atoms with Crippen molar-refractivity contribution in [3.63, 3.8) is 0 Å². The SMILES string of the molecule is CCC.CN(CCN(C)C(=O)N(C(=O)C1CC1)c1nc2cccc(-c3ccc(CN4CCS(=O)CC4)cc3)n2n1)C(=O)OCc1ccc(NC(=O)CNC(=O)C2CCCN2C(=O)C(CC(N)=O)N[B]N2C(=O)C=CC2=O)cc1. The summed E-state index contributed by atoms with van der Waals surface area (Å²) in [6.45, 7) is 6.34. The molecular weight excluding hydrogens is 1030 g/mol. The zero-order valence-corrected chi connectivity index (χ0v) is 44.9. The van der Waals surface area contributed by atoms with Gasteiger partial charge in [-0.25, -0.2) is 14.1 Å². The van der Waals surface area contributed by atoms with E-state index in [4.69, 9.17) is 10.5 Å². The van der Waals surface area contributed by atoms with Crippen LogP contribution in [0.2, 0.25) is 0 Å². The van der Waals surface area contributed by atoms with Crippen LogP contribution in [-0.4, -0.2) is 181 Å². The number of likely N-dealkylation sites (tertiary alicyclic amines) is 1. The summed E-state index contributed by atoms with van der Waals surface area (Å²) in [4.78, 5) is 128. The maximum atomic E-state index is 14.0. The second kappa shape index (κ2) is 27.0. The Balaban J connectivity index is 0.00000287. The van der Waals surface area contributed by atoms with Crippen molar-refractivity contribution in [3.05, 3.63) is 90.0 Å². The zero-order valence-electron chi connectivity index (χ0n) is 44.1. The van der Waals surface area contributed by atoms with Crippen LogP contribution in [0.5, 0.6) is 0 Å². The number of benzene rings is 2. The number of nitrogens with one attached hydrogen (secondary N) is 3. The number of likely N-dealkylation sites (N-methyl/N-ethyl adjacent to an activating group) is 2. The van der Waals surface area contributed by atoms with Gasteiger partial charge in [-0.15, -0.1) is 5.10 Å². The Morgan fingerprint density at radius 2 is 1.51 bits per heavy atom. The molecule has 2 aromatic carbocycles. The van der Waals surface area contributed by atoms with E-state index in [0.29, 0.717) is 47.7 Å². The third-order valence-electron chi connectivity index (χ3n) is 13.0. The Morgan fingerprint density at radius 3 is 2.17 bits per heavy atom. The number of rotatable bonds is 20. The summed E-state index contributed by atoms with van der Waals surface area (Å²) < 4.78 is 18.9. The highest BCUT2D eigenvalue weighted by molar-refractivity contribution is 7.85. The number of carbonyl (C=O) groups is 9. The topological polar surface area (TPSA) is 292 Å². The molecule has 1 aliphatic carbocycles. The van der Waals surface area contributed by atoms with Gasteiger partial charge in [0.05, 0.1) is 18.3 Å². The van der Waals surface area contributed by atoms with E-state index >= 15 is 0 Å². The number of nitrogens with zero attached hydrogens (tertiary/aromatic N) is 9. The first-order valence-corrected chi connectivity index (χ1v) is 27.3. The molecule has 5 N–H and O–H groups in total. The van der Waals surface area contributed by atoms with E-state index in [1.807, 2.05) is 36.4 Å². The fourth-order valence-corrected chi connectivity index (χ4v) is 9.71. The fourth-order valence-electron chi connectivity index (χ4n) is 8.58. The second-order valence-corrected chi connectivity index (χ2v) is 21.0. The lowest BCUT2D eigenvalue weighted by Crippen LogP contribution is -2.56. The van der Waals surface area contributed by atoms with Gasteiger partial charge in [0.1, 0.15) is 12.6 Å². The minimum Gasteiger partial charge on any atom is -0.445 e. The average Bonchev–Trinajstić information content (AvgIpc) is 3.91. The summed E-state index contributed by atoms with van der Waals surface area (Å²) in [5, 5.41) is 12.5. The molecule has 3 aliphatic heterocycles. The molecule has 413 valence electrons. The van der Waals surface area contributed by atoms with Crippen molar-refractivity contribution < 1.29 is 52.1 Å². The van der Waals surface area contributed by atoms with Crippen LogP contribution in [-0.2, 0) is 62.2 Å². The molecule has 26 heteroatoms. The first-order valence-electron chi connectivity index (χ1n) is 25.8. The molecule has 2 atom stereocenters. The van der Waals surface area contributed by atoms with Crippen molar-refractivity contribution in [2.24, 2.45) is 11.7 Å². The van der Waals surface area contributed by atoms with E-state index in [9.17, 15) is 47.4 Å². The number of carbonyl (C=O) groups excluding carboxylic acids is 9. The maximum absolute atomic E-state index is 14.0. The van der Waals surface area contributed by atoms with Gasteiger partial charge in [-0.1, -0.05) is 62.7 Å². The third kappa shape index (κ3) is 15.2. The van der Waals surface area contributed by atoms with Crippen LogP contribution < -0.4 is 26.5 Å². The molecule has 0 bridgehead atoms. The number of urea groups is 1. The van der Waals surface area contributed by atoms with E-state index in [0.717, 1.165) is 65.9 Å². The standard InChI is InChI=1S/C49H57BN13O11S.C3H8/c1-57(48(71)61(45(69)34-14-15-34)47-54-40-7-3-5-37(63(40)56-47)33-12-8-31(9-13-33)29-59-23-25-75(73)26-24-59)21-22-58(2)49(72)74-30-32-10-16-35(17-11-32)53-41(65)28-52-44(68)38-6-4-20-60(38)46(70)36(27-39(51)64)55-50-62-42(66)18-19-43(62)67;1-3-2/h3,5,7-13,16-19,34,36,38,55H,4,6,14-15,20-30H2,1-2H3,(H2,51,64)(H,52,68)(H,53,65);3H2,1-2H3. The summed E-state index contributed by atoms with van der Waals surface area (Å²) in [5.41, 5.74) is 9.50. The predicted octanol–water partition coefficient (Wildman–Crippen LogP) is 1.78. The highest BCUT2D eigenvalue weighted by atomic mass is 32.2. The first kappa shape index (κ1) is 57.9. The first-order chi connectivity index (χ1) is 37.4.